The molecule has 5 nitrogen and oxygen atoms in total. The summed E-state index contributed by atoms with van der Waals surface area (Å²) in [7, 11) is -4.19. The Balaban J connectivity index is 2.68. The number of para-hydroxylation sites is 1. The van der Waals surface area contributed by atoms with E-state index < -0.39 is 19.4 Å². The van der Waals surface area contributed by atoms with E-state index in [1.54, 1.807) is 24.3 Å². The third kappa shape index (κ3) is 2.39. The molecular formula is C10H9O5P. The van der Waals surface area contributed by atoms with E-state index in [1.807, 2.05) is 0 Å². The lowest BCUT2D eigenvalue weighted by atomic mass is 10.1. The third-order valence-electron chi connectivity index (χ3n) is 2.11. The van der Waals surface area contributed by atoms with E-state index in [0.29, 0.717) is 16.5 Å². The smallest absolute Gasteiger partial charge is 0.336 e. The van der Waals surface area contributed by atoms with Gasteiger partial charge in [-0.05, 0) is 11.6 Å². The second kappa shape index (κ2) is 3.87. The second-order valence-corrected chi connectivity index (χ2v) is 5.06. The molecule has 0 radical (unpaired) electrons. The highest BCUT2D eigenvalue weighted by atomic mass is 31.2. The molecule has 16 heavy (non-hydrogen) atoms. The Kier molecular flexibility index (Phi) is 2.68. The predicted molar refractivity (Wildman–Crippen MR) is 58.2 cm³/mol. The van der Waals surface area contributed by atoms with Crippen molar-refractivity contribution in [1.29, 1.82) is 0 Å². The summed E-state index contributed by atoms with van der Waals surface area (Å²) in [6.45, 7) is 0. The van der Waals surface area contributed by atoms with Gasteiger partial charge in [-0.25, -0.2) is 4.79 Å². The molecule has 84 valence electrons. The van der Waals surface area contributed by atoms with Gasteiger partial charge >= 0.3 is 13.2 Å². The first-order valence-corrected chi connectivity index (χ1v) is 6.32. The van der Waals surface area contributed by atoms with Gasteiger partial charge in [0.1, 0.15) is 5.58 Å². The maximum atomic E-state index is 11.2. The summed E-state index contributed by atoms with van der Waals surface area (Å²) in [5.41, 5.74) is 0.0285. The largest absolute Gasteiger partial charge is 0.423 e. The zero-order valence-electron chi connectivity index (χ0n) is 8.16. The lowest BCUT2D eigenvalue weighted by Gasteiger charge is -2.06. The van der Waals surface area contributed by atoms with Crippen LogP contribution in [0.4, 0.5) is 0 Å². The Labute approximate surface area is 90.5 Å². The predicted octanol–water partition coefficient (Wildman–Crippen LogP) is 1.47. The monoisotopic (exact) mass is 240 g/mol. The van der Waals surface area contributed by atoms with Crippen LogP contribution < -0.4 is 5.63 Å². The topological polar surface area (TPSA) is 87.7 Å². The molecular weight excluding hydrogens is 231 g/mol. The minimum Gasteiger partial charge on any atom is -0.423 e. The Morgan fingerprint density at radius 1 is 1.25 bits per heavy atom. The average Bonchev–Trinajstić information content (AvgIpc) is 2.14. The maximum Gasteiger partial charge on any atom is 0.336 e. The summed E-state index contributed by atoms with van der Waals surface area (Å²) in [5, 5.41) is 0.547. The second-order valence-electron chi connectivity index (χ2n) is 3.41. The lowest BCUT2D eigenvalue weighted by molar-refractivity contribution is 0.372. The normalized spacial score (nSPS) is 11.9. The van der Waals surface area contributed by atoms with Crippen LogP contribution >= 0.6 is 7.60 Å². The molecule has 0 bridgehead atoms. The van der Waals surface area contributed by atoms with Crippen molar-refractivity contribution >= 4 is 18.6 Å². The molecule has 2 N–H and O–H groups in total. The average molecular weight is 240 g/mol. The van der Waals surface area contributed by atoms with Crippen molar-refractivity contribution in [1.82, 2.24) is 0 Å². The van der Waals surface area contributed by atoms with E-state index in [0.717, 1.165) is 6.07 Å². The van der Waals surface area contributed by atoms with E-state index in [4.69, 9.17) is 14.2 Å². The molecule has 0 amide bonds. The summed E-state index contributed by atoms with van der Waals surface area (Å²) >= 11 is 0. The van der Waals surface area contributed by atoms with E-state index in [2.05, 4.69) is 0 Å². The van der Waals surface area contributed by atoms with Crippen LogP contribution in [0.5, 0.6) is 0 Å². The van der Waals surface area contributed by atoms with Crippen molar-refractivity contribution in [3.05, 3.63) is 46.3 Å². The minimum absolute atomic E-state index is 0.306. The van der Waals surface area contributed by atoms with Crippen molar-refractivity contribution in [3.63, 3.8) is 0 Å². The summed E-state index contributed by atoms with van der Waals surface area (Å²) in [5.74, 6) is 0. The molecule has 0 saturated carbocycles. The molecule has 2 rings (SSSR count). The Morgan fingerprint density at radius 3 is 2.62 bits per heavy atom. The number of fused-ring (bicyclic) bond motifs is 1. The number of benzene rings is 1. The number of hydrogen-bond donors (Lipinski definition) is 2. The fourth-order valence-corrected chi connectivity index (χ4v) is 2.24. The SMILES string of the molecule is O=c1cc(CP(=O)(O)O)c2ccccc2o1. The van der Waals surface area contributed by atoms with Crippen LogP contribution in [0, 0.1) is 0 Å². The highest BCUT2D eigenvalue weighted by Crippen LogP contribution is 2.40. The van der Waals surface area contributed by atoms with E-state index >= 15 is 0 Å². The quantitative estimate of drug-likeness (QED) is 0.613. The third-order valence-corrected chi connectivity index (χ3v) is 2.86. The van der Waals surface area contributed by atoms with Crippen LogP contribution in [-0.2, 0) is 10.7 Å². The summed E-state index contributed by atoms with van der Waals surface area (Å²) in [4.78, 5) is 29.0. The highest BCUT2D eigenvalue weighted by molar-refractivity contribution is 7.50. The Morgan fingerprint density at radius 2 is 1.94 bits per heavy atom. The molecule has 1 heterocycles. The van der Waals surface area contributed by atoms with Crippen molar-refractivity contribution in [2.45, 2.75) is 6.16 Å². The van der Waals surface area contributed by atoms with Crippen LogP contribution in [0.2, 0.25) is 0 Å². The van der Waals surface area contributed by atoms with Gasteiger partial charge in [-0.15, -0.1) is 0 Å². The van der Waals surface area contributed by atoms with Crippen LogP contribution in [0.15, 0.2) is 39.5 Å². The molecule has 2 aromatic rings. The zero-order chi connectivity index (χ0) is 11.8. The Hall–Kier alpha value is -1.42. The van der Waals surface area contributed by atoms with Crippen LogP contribution in [0.1, 0.15) is 5.56 Å². The maximum absolute atomic E-state index is 11.2. The van der Waals surface area contributed by atoms with Gasteiger partial charge in [0.25, 0.3) is 0 Å². The fourth-order valence-electron chi connectivity index (χ4n) is 1.53. The lowest BCUT2D eigenvalue weighted by Crippen LogP contribution is -2.00. The highest BCUT2D eigenvalue weighted by Gasteiger charge is 2.17. The molecule has 0 saturated heterocycles. The van der Waals surface area contributed by atoms with Gasteiger partial charge in [0.15, 0.2) is 0 Å². The molecule has 6 heteroatoms. The molecule has 0 spiro atoms. The molecule has 0 aliphatic carbocycles. The molecule has 0 aliphatic rings. The van der Waals surface area contributed by atoms with Gasteiger partial charge in [-0.2, -0.15) is 0 Å². The first-order valence-electron chi connectivity index (χ1n) is 4.52. The van der Waals surface area contributed by atoms with Crippen molar-refractivity contribution < 1.29 is 18.8 Å². The van der Waals surface area contributed by atoms with Gasteiger partial charge in [-0.1, -0.05) is 18.2 Å². The first kappa shape index (κ1) is 11.1. The molecule has 1 aromatic carbocycles. The molecule has 0 fully saturated rings. The first-order chi connectivity index (χ1) is 7.46. The van der Waals surface area contributed by atoms with Gasteiger partial charge in [0.05, 0.1) is 6.16 Å². The molecule has 1 aromatic heterocycles. The zero-order valence-corrected chi connectivity index (χ0v) is 9.05. The van der Waals surface area contributed by atoms with E-state index in [-0.39, 0.29) is 0 Å². The molecule has 0 atom stereocenters. The summed E-state index contributed by atoms with van der Waals surface area (Å²) < 4.78 is 15.8. The standard InChI is InChI=1S/C10H9O5P/c11-10-5-7(6-16(12,13)14)8-3-1-2-4-9(8)15-10/h1-5H,6H2,(H2,12,13,14). The number of hydrogen-bond acceptors (Lipinski definition) is 3. The van der Waals surface area contributed by atoms with E-state index in [9.17, 15) is 9.36 Å². The van der Waals surface area contributed by atoms with Gasteiger partial charge in [-0.3, -0.25) is 4.57 Å². The fraction of sp³-hybridized carbons (Fsp3) is 0.100. The van der Waals surface area contributed by atoms with Gasteiger partial charge in [0, 0.05) is 11.5 Å². The van der Waals surface area contributed by atoms with Crippen LogP contribution in [0.25, 0.3) is 11.0 Å². The van der Waals surface area contributed by atoms with Crippen LogP contribution in [0.3, 0.4) is 0 Å². The van der Waals surface area contributed by atoms with Crippen molar-refractivity contribution in [3.8, 4) is 0 Å². The van der Waals surface area contributed by atoms with Crippen molar-refractivity contribution in [2.75, 3.05) is 0 Å². The van der Waals surface area contributed by atoms with Crippen LogP contribution in [-0.4, -0.2) is 9.79 Å². The number of rotatable bonds is 2. The Bertz CT molecular complexity index is 624. The minimum atomic E-state index is -4.19. The summed E-state index contributed by atoms with van der Waals surface area (Å²) in [6.07, 6.45) is -0.459. The van der Waals surface area contributed by atoms with Gasteiger partial charge in [0.2, 0.25) is 0 Å². The molecule has 0 unspecified atom stereocenters. The van der Waals surface area contributed by atoms with Crippen molar-refractivity contribution in [2.24, 2.45) is 0 Å². The molecule has 0 aliphatic heterocycles. The summed E-state index contributed by atoms with van der Waals surface area (Å²) in [6, 6.07) is 7.75. The van der Waals surface area contributed by atoms with Gasteiger partial charge < -0.3 is 14.2 Å². The van der Waals surface area contributed by atoms with E-state index in [1.165, 1.54) is 0 Å².